The molecule has 2 N–H and O–H groups in total. The second-order valence-corrected chi connectivity index (χ2v) is 5.42. The molecule has 0 bridgehead atoms. The summed E-state index contributed by atoms with van der Waals surface area (Å²) in [4.78, 5) is 0. The van der Waals surface area contributed by atoms with Crippen LogP contribution in [0.2, 0.25) is 0 Å². The predicted octanol–water partition coefficient (Wildman–Crippen LogP) is 3.11. The molecule has 0 saturated heterocycles. The summed E-state index contributed by atoms with van der Waals surface area (Å²) in [6, 6.07) is 4.00. The van der Waals surface area contributed by atoms with E-state index in [0.29, 0.717) is 6.61 Å². The fourth-order valence-electron chi connectivity index (χ4n) is 1.87. The van der Waals surface area contributed by atoms with Crippen LogP contribution < -0.4 is 14.8 Å². The van der Waals surface area contributed by atoms with Gasteiger partial charge in [0.05, 0.1) is 24.3 Å². The number of rotatable bonds is 9. The summed E-state index contributed by atoms with van der Waals surface area (Å²) in [5.41, 5.74) is 1.11. The average molecular weight is 346 g/mol. The Balaban J connectivity index is 2.60. The first kappa shape index (κ1) is 17.3. The summed E-state index contributed by atoms with van der Waals surface area (Å²) in [6.45, 7) is 6.06. The molecule has 1 aromatic carbocycles. The Morgan fingerprint density at radius 3 is 2.70 bits per heavy atom. The van der Waals surface area contributed by atoms with Gasteiger partial charge in [0.25, 0.3) is 0 Å². The smallest absolute Gasteiger partial charge is 0.175 e. The maximum atomic E-state index is 9.49. The number of halogens is 1. The molecule has 0 spiro atoms. The number of ether oxygens (including phenoxy) is 2. The lowest BCUT2D eigenvalue weighted by Crippen LogP contribution is -2.19. The average Bonchev–Trinajstić information content (AvgIpc) is 2.45. The zero-order valence-electron chi connectivity index (χ0n) is 12.4. The standard InChI is InChI=1S/C15H24BrNO3/c1-4-12(18)6-7-17-10-11-8-13(16)15(20-5-2)14(9-11)19-3/h8-9,12,17-18H,4-7,10H2,1-3H3. The molecule has 1 rings (SSSR count). The van der Waals surface area contributed by atoms with Gasteiger partial charge in [-0.1, -0.05) is 6.92 Å². The van der Waals surface area contributed by atoms with Crippen molar-refractivity contribution in [2.24, 2.45) is 0 Å². The monoisotopic (exact) mass is 345 g/mol. The van der Waals surface area contributed by atoms with Crippen LogP contribution in [0.3, 0.4) is 0 Å². The van der Waals surface area contributed by atoms with Gasteiger partial charge in [-0.15, -0.1) is 0 Å². The molecule has 0 amide bonds. The highest BCUT2D eigenvalue weighted by molar-refractivity contribution is 9.10. The van der Waals surface area contributed by atoms with E-state index >= 15 is 0 Å². The number of aliphatic hydroxyl groups excluding tert-OH is 1. The van der Waals surface area contributed by atoms with E-state index < -0.39 is 0 Å². The van der Waals surface area contributed by atoms with Crippen molar-refractivity contribution in [2.75, 3.05) is 20.3 Å². The Morgan fingerprint density at radius 1 is 1.35 bits per heavy atom. The topological polar surface area (TPSA) is 50.7 Å². The van der Waals surface area contributed by atoms with E-state index in [1.54, 1.807) is 7.11 Å². The van der Waals surface area contributed by atoms with Gasteiger partial charge in [-0.25, -0.2) is 0 Å². The van der Waals surface area contributed by atoms with Gasteiger partial charge in [0, 0.05) is 6.54 Å². The lowest BCUT2D eigenvalue weighted by molar-refractivity contribution is 0.159. The quantitative estimate of drug-likeness (QED) is 0.675. The second kappa shape index (κ2) is 9.21. The van der Waals surface area contributed by atoms with Crippen LogP contribution in [-0.4, -0.2) is 31.5 Å². The Labute approximate surface area is 129 Å². The molecule has 0 saturated carbocycles. The highest BCUT2D eigenvalue weighted by Crippen LogP contribution is 2.36. The van der Waals surface area contributed by atoms with Crippen LogP contribution in [0.5, 0.6) is 11.5 Å². The minimum Gasteiger partial charge on any atom is -0.493 e. The van der Waals surface area contributed by atoms with Crippen molar-refractivity contribution >= 4 is 15.9 Å². The summed E-state index contributed by atoms with van der Waals surface area (Å²) in [5, 5.41) is 12.8. The second-order valence-electron chi connectivity index (χ2n) is 4.57. The van der Waals surface area contributed by atoms with Gasteiger partial charge < -0.3 is 19.9 Å². The summed E-state index contributed by atoms with van der Waals surface area (Å²) in [6.07, 6.45) is 1.35. The summed E-state index contributed by atoms with van der Waals surface area (Å²) < 4.78 is 11.8. The lowest BCUT2D eigenvalue weighted by atomic mass is 10.2. The SMILES string of the molecule is CCOc1c(Br)cc(CNCCC(O)CC)cc1OC. The van der Waals surface area contributed by atoms with Crippen LogP contribution in [0.15, 0.2) is 16.6 Å². The summed E-state index contributed by atoms with van der Waals surface area (Å²) in [5.74, 6) is 1.46. The Kier molecular flexibility index (Phi) is 7.95. The van der Waals surface area contributed by atoms with E-state index in [4.69, 9.17) is 9.47 Å². The number of methoxy groups -OCH3 is 1. The Morgan fingerprint density at radius 2 is 2.10 bits per heavy atom. The fraction of sp³-hybridized carbons (Fsp3) is 0.600. The minimum atomic E-state index is -0.218. The van der Waals surface area contributed by atoms with Crippen molar-refractivity contribution in [1.29, 1.82) is 0 Å². The molecule has 0 aliphatic heterocycles. The molecule has 20 heavy (non-hydrogen) atoms. The van der Waals surface area contributed by atoms with Gasteiger partial charge in [0.2, 0.25) is 0 Å². The van der Waals surface area contributed by atoms with Crippen molar-refractivity contribution in [3.63, 3.8) is 0 Å². The minimum absolute atomic E-state index is 0.218. The molecule has 0 fully saturated rings. The largest absolute Gasteiger partial charge is 0.493 e. The number of nitrogens with one attached hydrogen (secondary N) is 1. The Bertz CT molecular complexity index is 412. The van der Waals surface area contributed by atoms with Gasteiger partial charge in [-0.2, -0.15) is 0 Å². The van der Waals surface area contributed by atoms with E-state index in [0.717, 1.165) is 47.5 Å². The molecule has 0 aromatic heterocycles. The number of aliphatic hydroxyl groups is 1. The fourth-order valence-corrected chi connectivity index (χ4v) is 2.47. The van der Waals surface area contributed by atoms with E-state index in [-0.39, 0.29) is 6.10 Å². The third-order valence-corrected chi connectivity index (χ3v) is 3.62. The lowest BCUT2D eigenvalue weighted by Gasteiger charge is -2.14. The maximum Gasteiger partial charge on any atom is 0.175 e. The van der Waals surface area contributed by atoms with Crippen molar-refractivity contribution < 1.29 is 14.6 Å². The van der Waals surface area contributed by atoms with E-state index in [9.17, 15) is 5.11 Å². The molecule has 5 heteroatoms. The molecule has 1 atom stereocenters. The molecule has 4 nitrogen and oxygen atoms in total. The van der Waals surface area contributed by atoms with Crippen LogP contribution in [0.1, 0.15) is 32.3 Å². The van der Waals surface area contributed by atoms with Crippen molar-refractivity contribution in [3.8, 4) is 11.5 Å². The molecule has 1 unspecified atom stereocenters. The molecule has 0 aliphatic carbocycles. The maximum absolute atomic E-state index is 9.49. The number of benzene rings is 1. The van der Waals surface area contributed by atoms with Crippen molar-refractivity contribution in [1.82, 2.24) is 5.32 Å². The first-order chi connectivity index (χ1) is 9.62. The zero-order chi connectivity index (χ0) is 15.0. The van der Waals surface area contributed by atoms with E-state index in [1.807, 2.05) is 26.0 Å². The van der Waals surface area contributed by atoms with Gasteiger partial charge in [0.15, 0.2) is 11.5 Å². The van der Waals surface area contributed by atoms with Crippen LogP contribution in [0.25, 0.3) is 0 Å². The summed E-state index contributed by atoms with van der Waals surface area (Å²) in [7, 11) is 1.64. The first-order valence-electron chi connectivity index (χ1n) is 7.00. The zero-order valence-corrected chi connectivity index (χ0v) is 14.0. The summed E-state index contributed by atoms with van der Waals surface area (Å²) >= 11 is 3.51. The van der Waals surface area contributed by atoms with Crippen molar-refractivity contribution in [2.45, 2.75) is 39.3 Å². The molecule has 114 valence electrons. The number of hydrogen-bond donors (Lipinski definition) is 2. The Hall–Kier alpha value is -0.780. The number of hydrogen-bond acceptors (Lipinski definition) is 4. The highest BCUT2D eigenvalue weighted by atomic mass is 79.9. The van der Waals surface area contributed by atoms with Crippen LogP contribution in [-0.2, 0) is 6.54 Å². The van der Waals surface area contributed by atoms with Crippen molar-refractivity contribution in [3.05, 3.63) is 22.2 Å². The van der Waals surface area contributed by atoms with Gasteiger partial charge in [-0.3, -0.25) is 0 Å². The predicted molar refractivity (Wildman–Crippen MR) is 84.5 cm³/mol. The van der Waals surface area contributed by atoms with Crippen LogP contribution in [0.4, 0.5) is 0 Å². The normalized spacial score (nSPS) is 12.2. The third-order valence-electron chi connectivity index (χ3n) is 3.03. The molecule has 1 aromatic rings. The third kappa shape index (κ3) is 5.31. The molecule has 0 aliphatic rings. The van der Waals surface area contributed by atoms with E-state index in [2.05, 4.69) is 21.2 Å². The van der Waals surface area contributed by atoms with Crippen LogP contribution in [0, 0.1) is 0 Å². The molecular formula is C15H24BrNO3. The van der Waals surface area contributed by atoms with Gasteiger partial charge >= 0.3 is 0 Å². The van der Waals surface area contributed by atoms with Gasteiger partial charge in [-0.05, 0) is 59.9 Å². The van der Waals surface area contributed by atoms with Gasteiger partial charge in [0.1, 0.15) is 0 Å². The van der Waals surface area contributed by atoms with Crippen LogP contribution >= 0.6 is 15.9 Å². The molecule has 0 heterocycles. The highest BCUT2D eigenvalue weighted by Gasteiger charge is 2.11. The first-order valence-corrected chi connectivity index (χ1v) is 7.79. The van der Waals surface area contributed by atoms with E-state index in [1.165, 1.54) is 0 Å². The molecular weight excluding hydrogens is 322 g/mol. The molecule has 0 radical (unpaired) electrons.